The lowest BCUT2D eigenvalue weighted by atomic mass is 9.97. The second kappa shape index (κ2) is 7.60. The molecule has 4 nitrogen and oxygen atoms in total. The molecule has 0 heterocycles. The fraction of sp³-hybridized carbons (Fsp3) is 0.375. The minimum Gasteiger partial charge on any atom is -0.481 e. The maximum absolute atomic E-state index is 11.4. The number of aliphatic carboxylic acids is 1. The van der Waals surface area contributed by atoms with Gasteiger partial charge in [0.05, 0.1) is 6.04 Å². The highest BCUT2D eigenvalue weighted by Crippen LogP contribution is 2.19. The Bertz CT molecular complexity index is 508. The van der Waals surface area contributed by atoms with Gasteiger partial charge in [0.2, 0.25) is 0 Å². The maximum atomic E-state index is 11.4. The molecule has 0 aliphatic rings. The van der Waals surface area contributed by atoms with Crippen molar-refractivity contribution in [2.24, 2.45) is 0 Å². The second-order valence-electron chi connectivity index (χ2n) is 4.85. The van der Waals surface area contributed by atoms with Crippen molar-refractivity contribution in [2.45, 2.75) is 32.2 Å². The summed E-state index contributed by atoms with van der Waals surface area (Å²) in [6, 6.07) is 7.55. The van der Waals surface area contributed by atoms with Crippen molar-refractivity contribution in [3.63, 3.8) is 0 Å². The van der Waals surface area contributed by atoms with Crippen molar-refractivity contribution in [3.05, 3.63) is 42.0 Å². The quantitative estimate of drug-likeness (QED) is 0.764. The molecule has 0 aliphatic carbocycles. The number of likely N-dealkylation sites (N-methyl/N-ethyl adjacent to an activating group) is 1. The molecule has 0 fully saturated rings. The lowest BCUT2D eigenvalue weighted by Crippen LogP contribution is -2.34. The van der Waals surface area contributed by atoms with Crippen molar-refractivity contribution in [2.75, 3.05) is 7.05 Å². The van der Waals surface area contributed by atoms with Gasteiger partial charge in [0, 0.05) is 6.42 Å². The predicted molar refractivity (Wildman–Crippen MR) is 79.6 cm³/mol. The van der Waals surface area contributed by atoms with Crippen molar-refractivity contribution in [3.8, 4) is 0 Å². The van der Waals surface area contributed by atoms with Crippen LogP contribution >= 0.6 is 0 Å². The standard InChI is InChI=1S/C16H21NO3/c1-11(7-8-16(19)20)14-6-4-5-13(9-14)10-15(17-3)12(2)18/h4-6,9,15,17H,1,7-8,10H2,2-3H3,(H,19,20). The van der Waals surface area contributed by atoms with E-state index in [9.17, 15) is 9.59 Å². The van der Waals surface area contributed by atoms with E-state index in [1.807, 2.05) is 24.3 Å². The third kappa shape index (κ3) is 4.97. The van der Waals surface area contributed by atoms with Crippen molar-refractivity contribution in [1.29, 1.82) is 0 Å². The summed E-state index contributed by atoms with van der Waals surface area (Å²) in [6.07, 6.45) is 1.13. The molecule has 20 heavy (non-hydrogen) atoms. The van der Waals surface area contributed by atoms with Gasteiger partial charge in [-0.15, -0.1) is 0 Å². The Hall–Kier alpha value is -1.94. The number of rotatable bonds is 8. The van der Waals surface area contributed by atoms with E-state index < -0.39 is 5.97 Å². The van der Waals surface area contributed by atoms with E-state index >= 15 is 0 Å². The molecule has 0 spiro atoms. The number of Topliss-reactive ketones (excluding diaryl/α,β-unsaturated/α-hetero) is 1. The number of ketones is 1. The Labute approximate surface area is 119 Å². The molecule has 1 aromatic carbocycles. The minimum atomic E-state index is -0.825. The number of carbonyl (C=O) groups excluding carboxylic acids is 1. The fourth-order valence-corrected chi connectivity index (χ4v) is 2.01. The van der Waals surface area contributed by atoms with Gasteiger partial charge in [-0.1, -0.05) is 30.8 Å². The van der Waals surface area contributed by atoms with Gasteiger partial charge in [-0.25, -0.2) is 0 Å². The van der Waals surface area contributed by atoms with Crippen LogP contribution in [-0.4, -0.2) is 29.9 Å². The number of nitrogens with one attached hydrogen (secondary N) is 1. The molecule has 108 valence electrons. The first-order valence-corrected chi connectivity index (χ1v) is 6.60. The maximum Gasteiger partial charge on any atom is 0.303 e. The number of carboxylic acids is 1. The zero-order valence-corrected chi connectivity index (χ0v) is 12.0. The van der Waals surface area contributed by atoms with Crippen LogP contribution in [0.4, 0.5) is 0 Å². The summed E-state index contributed by atoms with van der Waals surface area (Å²) >= 11 is 0. The molecule has 0 aliphatic heterocycles. The van der Waals surface area contributed by atoms with E-state index in [1.165, 1.54) is 0 Å². The zero-order chi connectivity index (χ0) is 15.1. The highest BCUT2D eigenvalue weighted by Gasteiger charge is 2.12. The number of benzene rings is 1. The summed E-state index contributed by atoms with van der Waals surface area (Å²) in [6.45, 7) is 5.49. The van der Waals surface area contributed by atoms with Crippen LogP contribution in [0.3, 0.4) is 0 Å². The molecule has 0 radical (unpaired) electrons. The first-order valence-electron chi connectivity index (χ1n) is 6.60. The lowest BCUT2D eigenvalue weighted by molar-refractivity contribution is -0.136. The van der Waals surface area contributed by atoms with Crippen LogP contribution < -0.4 is 5.32 Å². The van der Waals surface area contributed by atoms with Crippen LogP contribution in [-0.2, 0) is 16.0 Å². The summed E-state index contributed by atoms with van der Waals surface area (Å²) in [5.74, 6) is -0.725. The summed E-state index contributed by atoms with van der Waals surface area (Å²) in [5, 5.41) is 11.7. The fourth-order valence-electron chi connectivity index (χ4n) is 2.01. The highest BCUT2D eigenvalue weighted by atomic mass is 16.4. The van der Waals surface area contributed by atoms with Gasteiger partial charge in [0.15, 0.2) is 0 Å². The van der Waals surface area contributed by atoms with Crippen molar-refractivity contribution in [1.82, 2.24) is 5.32 Å². The van der Waals surface area contributed by atoms with Crippen LogP contribution in [0.1, 0.15) is 30.9 Å². The molecule has 0 amide bonds. The monoisotopic (exact) mass is 275 g/mol. The van der Waals surface area contributed by atoms with Crippen LogP contribution in [0.2, 0.25) is 0 Å². The Morgan fingerprint density at radius 3 is 2.60 bits per heavy atom. The first kappa shape index (κ1) is 16.1. The Morgan fingerprint density at radius 1 is 1.35 bits per heavy atom. The predicted octanol–water partition coefficient (Wildman–Crippen LogP) is 2.28. The molecule has 0 saturated carbocycles. The Kier molecular flexibility index (Phi) is 6.12. The van der Waals surface area contributed by atoms with E-state index in [-0.39, 0.29) is 18.2 Å². The van der Waals surface area contributed by atoms with Gasteiger partial charge in [-0.3, -0.25) is 9.59 Å². The SMILES string of the molecule is C=C(CCC(=O)O)c1cccc(CC(NC)C(C)=O)c1. The third-order valence-corrected chi connectivity index (χ3v) is 3.25. The zero-order valence-electron chi connectivity index (χ0n) is 12.0. The molecule has 4 heteroatoms. The summed E-state index contributed by atoms with van der Waals surface area (Å²) in [4.78, 5) is 22.0. The normalized spacial score (nSPS) is 11.9. The number of hydrogen-bond donors (Lipinski definition) is 2. The highest BCUT2D eigenvalue weighted by molar-refractivity contribution is 5.81. The van der Waals surface area contributed by atoms with Crippen LogP contribution in [0.5, 0.6) is 0 Å². The number of carbonyl (C=O) groups is 2. The van der Waals surface area contributed by atoms with Crippen LogP contribution in [0.15, 0.2) is 30.8 Å². The molecule has 1 rings (SSSR count). The molecule has 0 aromatic heterocycles. The molecule has 1 aromatic rings. The molecule has 2 N–H and O–H groups in total. The minimum absolute atomic E-state index is 0.0790. The van der Waals surface area contributed by atoms with Crippen molar-refractivity contribution < 1.29 is 14.7 Å². The van der Waals surface area contributed by atoms with Crippen LogP contribution in [0, 0.1) is 0 Å². The summed E-state index contributed by atoms with van der Waals surface area (Å²) in [7, 11) is 1.77. The largest absolute Gasteiger partial charge is 0.481 e. The third-order valence-electron chi connectivity index (χ3n) is 3.25. The van der Waals surface area contributed by atoms with Gasteiger partial charge in [0.1, 0.15) is 5.78 Å². The van der Waals surface area contributed by atoms with E-state index in [1.54, 1.807) is 14.0 Å². The van der Waals surface area contributed by atoms with E-state index in [0.717, 1.165) is 16.7 Å². The first-order chi connectivity index (χ1) is 9.43. The molecule has 1 unspecified atom stereocenters. The summed E-state index contributed by atoms with van der Waals surface area (Å²) in [5.41, 5.74) is 2.77. The van der Waals surface area contributed by atoms with Gasteiger partial charge < -0.3 is 10.4 Å². The molecule has 0 bridgehead atoms. The Morgan fingerprint density at radius 2 is 2.05 bits per heavy atom. The number of hydrogen-bond acceptors (Lipinski definition) is 3. The molecular weight excluding hydrogens is 254 g/mol. The smallest absolute Gasteiger partial charge is 0.303 e. The van der Waals surface area contributed by atoms with Gasteiger partial charge >= 0.3 is 5.97 Å². The topological polar surface area (TPSA) is 66.4 Å². The molecular formula is C16H21NO3. The van der Waals surface area contributed by atoms with Crippen molar-refractivity contribution >= 4 is 17.3 Å². The average molecular weight is 275 g/mol. The van der Waals surface area contributed by atoms with Gasteiger partial charge in [-0.2, -0.15) is 0 Å². The van der Waals surface area contributed by atoms with Crippen LogP contribution in [0.25, 0.3) is 5.57 Å². The summed E-state index contributed by atoms with van der Waals surface area (Å²) < 4.78 is 0. The second-order valence-corrected chi connectivity index (χ2v) is 4.85. The molecule has 1 atom stereocenters. The van der Waals surface area contributed by atoms with Gasteiger partial charge in [0.25, 0.3) is 0 Å². The van der Waals surface area contributed by atoms with E-state index in [0.29, 0.717) is 12.8 Å². The molecule has 0 saturated heterocycles. The Balaban J connectivity index is 2.77. The van der Waals surface area contributed by atoms with E-state index in [4.69, 9.17) is 5.11 Å². The number of carboxylic acid groups (broad SMARTS) is 1. The lowest BCUT2D eigenvalue weighted by Gasteiger charge is -2.14. The number of allylic oxidation sites excluding steroid dienone is 1. The van der Waals surface area contributed by atoms with Gasteiger partial charge in [-0.05, 0) is 43.5 Å². The van der Waals surface area contributed by atoms with E-state index in [2.05, 4.69) is 11.9 Å². The average Bonchev–Trinajstić information content (AvgIpc) is 2.42.